The maximum absolute atomic E-state index is 12.9. The van der Waals surface area contributed by atoms with E-state index in [9.17, 15) is 21.6 Å². The first-order chi connectivity index (χ1) is 11.3. The fourth-order valence-electron chi connectivity index (χ4n) is 2.30. The molecular formula is C17H18O5S2. The van der Waals surface area contributed by atoms with Gasteiger partial charge in [0, 0.05) is 5.92 Å². The van der Waals surface area contributed by atoms with E-state index < -0.39 is 30.2 Å². The number of hydrogen-bond acceptors (Lipinski definition) is 5. The molecule has 24 heavy (non-hydrogen) atoms. The van der Waals surface area contributed by atoms with Crippen LogP contribution >= 0.6 is 0 Å². The minimum absolute atomic E-state index is 0.0763. The standard InChI is InChI=1S/C17H18O5S2/c1-14(13-18)12-17(23(19,20)15-8-4-2-5-9-15)24(21,22)16-10-6-3-7-11-16/h2-11,13-14,17H,12H2,1H3. The largest absolute Gasteiger partial charge is 0.303 e. The molecule has 7 heteroatoms. The van der Waals surface area contributed by atoms with Crippen LogP contribution in [0.15, 0.2) is 70.5 Å². The van der Waals surface area contributed by atoms with Crippen molar-refractivity contribution in [1.82, 2.24) is 0 Å². The second-order valence-electron chi connectivity index (χ2n) is 5.49. The Labute approximate surface area is 142 Å². The van der Waals surface area contributed by atoms with Gasteiger partial charge in [-0.15, -0.1) is 0 Å². The van der Waals surface area contributed by atoms with Crippen LogP contribution in [0.3, 0.4) is 0 Å². The van der Waals surface area contributed by atoms with Crippen LogP contribution in [0.1, 0.15) is 13.3 Å². The average molecular weight is 366 g/mol. The fraction of sp³-hybridized carbons (Fsp3) is 0.235. The summed E-state index contributed by atoms with van der Waals surface area (Å²) >= 11 is 0. The molecule has 0 spiro atoms. The summed E-state index contributed by atoms with van der Waals surface area (Å²) < 4.78 is 49.9. The maximum atomic E-state index is 12.9. The molecule has 0 aliphatic carbocycles. The van der Waals surface area contributed by atoms with Gasteiger partial charge in [-0.3, -0.25) is 0 Å². The Hall–Kier alpha value is -1.99. The Morgan fingerprint density at radius 3 is 1.50 bits per heavy atom. The van der Waals surface area contributed by atoms with Gasteiger partial charge in [0.25, 0.3) is 0 Å². The van der Waals surface area contributed by atoms with Crippen molar-refractivity contribution in [2.24, 2.45) is 5.92 Å². The monoisotopic (exact) mass is 366 g/mol. The molecule has 0 amide bonds. The summed E-state index contributed by atoms with van der Waals surface area (Å²) in [6.45, 7) is 1.50. The first-order valence-corrected chi connectivity index (χ1v) is 10.4. The SMILES string of the molecule is CC(C=O)CC(S(=O)(=O)c1ccccc1)S(=O)(=O)c1ccccc1. The Balaban J connectivity index is 2.60. The molecule has 0 heterocycles. The predicted octanol–water partition coefficient (Wildman–Crippen LogP) is 2.49. The Morgan fingerprint density at radius 2 is 1.17 bits per heavy atom. The summed E-state index contributed by atoms with van der Waals surface area (Å²) in [4.78, 5) is 10.8. The van der Waals surface area contributed by atoms with Crippen LogP contribution in [0.5, 0.6) is 0 Å². The van der Waals surface area contributed by atoms with Crippen LogP contribution < -0.4 is 0 Å². The minimum Gasteiger partial charge on any atom is -0.303 e. The molecule has 1 unspecified atom stereocenters. The van der Waals surface area contributed by atoms with Crippen LogP contribution in [0.4, 0.5) is 0 Å². The summed E-state index contributed by atoms with van der Waals surface area (Å²) in [6, 6.07) is 14.8. The van der Waals surface area contributed by atoms with Gasteiger partial charge in [-0.25, -0.2) is 16.8 Å². The van der Waals surface area contributed by atoms with Gasteiger partial charge in [-0.05, 0) is 30.7 Å². The number of benzene rings is 2. The number of aldehydes is 1. The average Bonchev–Trinajstić information content (AvgIpc) is 2.60. The molecule has 0 aliphatic rings. The lowest BCUT2D eigenvalue weighted by Crippen LogP contribution is -2.32. The molecule has 0 bridgehead atoms. The van der Waals surface area contributed by atoms with Gasteiger partial charge in [0.05, 0.1) is 9.79 Å². The molecule has 0 aliphatic heterocycles. The van der Waals surface area contributed by atoms with E-state index in [1.54, 1.807) is 12.1 Å². The van der Waals surface area contributed by atoms with Crippen LogP contribution in [-0.4, -0.2) is 27.7 Å². The molecule has 2 rings (SSSR count). The van der Waals surface area contributed by atoms with Gasteiger partial charge in [-0.2, -0.15) is 0 Å². The fourth-order valence-corrected chi connectivity index (χ4v) is 7.10. The normalized spacial score (nSPS) is 13.6. The van der Waals surface area contributed by atoms with Crippen molar-refractivity contribution in [2.45, 2.75) is 27.7 Å². The quantitative estimate of drug-likeness (QED) is 0.703. The lowest BCUT2D eigenvalue weighted by Gasteiger charge is -2.20. The zero-order valence-electron chi connectivity index (χ0n) is 13.1. The lowest BCUT2D eigenvalue weighted by atomic mass is 10.1. The van der Waals surface area contributed by atoms with Gasteiger partial charge in [0.2, 0.25) is 0 Å². The van der Waals surface area contributed by atoms with E-state index in [2.05, 4.69) is 0 Å². The molecule has 0 radical (unpaired) electrons. The highest BCUT2D eigenvalue weighted by Crippen LogP contribution is 2.29. The summed E-state index contributed by atoms with van der Waals surface area (Å²) in [6.07, 6.45) is 0.270. The van der Waals surface area contributed by atoms with E-state index in [0.717, 1.165) is 0 Å². The summed E-state index contributed by atoms with van der Waals surface area (Å²) in [7, 11) is -8.32. The molecule has 1 atom stereocenters. The van der Waals surface area contributed by atoms with Gasteiger partial charge >= 0.3 is 0 Å². The molecule has 5 nitrogen and oxygen atoms in total. The summed E-state index contributed by atoms with van der Waals surface area (Å²) in [5.74, 6) is -0.702. The zero-order chi connectivity index (χ0) is 17.8. The van der Waals surface area contributed by atoms with Gasteiger partial charge in [-0.1, -0.05) is 43.3 Å². The Bertz CT molecular complexity index is 819. The van der Waals surface area contributed by atoms with Crippen molar-refractivity contribution in [3.8, 4) is 0 Å². The van der Waals surface area contributed by atoms with Crippen LogP contribution in [-0.2, 0) is 24.5 Å². The van der Waals surface area contributed by atoms with Crippen molar-refractivity contribution < 1.29 is 21.6 Å². The second-order valence-corrected chi connectivity index (χ2v) is 10.1. The first-order valence-electron chi connectivity index (χ1n) is 7.33. The number of carbonyl (C=O) groups excluding carboxylic acids is 1. The minimum atomic E-state index is -4.16. The van der Waals surface area contributed by atoms with E-state index in [1.165, 1.54) is 55.5 Å². The Morgan fingerprint density at radius 1 is 0.792 bits per heavy atom. The molecule has 0 aromatic heterocycles. The predicted molar refractivity (Wildman–Crippen MR) is 90.9 cm³/mol. The summed E-state index contributed by atoms with van der Waals surface area (Å²) in [5.41, 5.74) is 0. The number of hydrogen-bond donors (Lipinski definition) is 0. The lowest BCUT2D eigenvalue weighted by molar-refractivity contribution is -0.110. The molecule has 128 valence electrons. The van der Waals surface area contributed by atoms with E-state index in [-0.39, 0.29) is 16.2 Å². The number of sulfone groups is 2. The summed E-state index contributed by atoms with van der Waals surface area (Å²) in [5, 5.41) is 0. The van der Waals surface area contributed by atoms with Gasteiger partial charge in [0.1, 0.15) is 6.29 Å². The topological polar surface area (TPSA) is 85.3 Å². The van der Waals surface area contributed by atoms with Crippen molar-refractivity contribution in [1.29, 1.82) is 0 Å². The molecule has 0 saturated heterocycles. The van der Waals surface area contributed by atoms with Crippen molar-refractivity contribution in [3.63, 3.8) is 0 Å². The highest BCUT2D eigenvalue weighted by Gasteiger charge is 2.40. The highest BCUT2D eigenvalue weighted by atomic mass is 32.3. The maximum Gasteiger partial charge on any atom is 0.195 e. The Kier molecular flexibility index (Phi) is 5.56. The molecule has 2 aromatic rings. The highest BCUT2D eigenvalue weighted by molar-refractivity contribution is 8.09. The molecular weight excluding hydrogens is 348 g/mol. The number of carbonyl (C=O) groups is 1. The van der Waals surface area contributed by atoms with E-state index >= 15 is 0 Å². The molecule has 0 N–H and O–H groups in total. The van der Waals surface area contributed by atoms with E-state index in [0.29, 0.717) is 6.29 Å². The van der Waals surface area contributed by atoms with Crippen molar-refractivity contribution >= 4 is 26.0 Å². The zero-order valence-corrected chi connectivity index (χ0v) is 14.7. The first kappa shape index (κ1) is 18.4. The van der Waals surface area contributed by atoms with Crippen LogP contribution in [0.25, 0.3) is 0 Å². The van der Waals surface area contributed by atoms with Gasteiger partial charge in [0.15, 0.2) is 24.3 Å². The molecule has 2 aromatic carbocycles. The van der Waals surface area contributed by atoms with E-state index in [1.807, 2.05) is 0 Å². The van der Waals surface area contributed by atoms with Crippen LogP contribution in [0, 0.1) is 5.92 Å². The van der Waals surface area contributed by atoms with Crippen molar-refractivity contribution in [3.05, 3.63) is 60.7 Å². The van der Waals surface area contributed by atoms with Crippen molar-refractivity contribution in [2.75, 3.05) is 0 Å². The third-order valence-electron chi connectivity index (χ3n) is 3.63. The van der Waals surface area contributed by atoms with E-state index in [4.69, 9.17) is 0 Å². The smallest absolute Gasteiger partial charge is 0.195 e. The molecule has 0 saturated carbocycles. The third-order valence-corrected chi connectivity index (χ3v) is 8.78. The van der Waals surface area contributed by atoms with Gasteiger partial charge < -0.3 is 4.79 Å². The number of rotatable bonds is 7. The molecule has 0 fully saturated rings. The van der Waals surface area contributed by atoms with Crippen LogP contribution in [0.2, 0.25) is 0 Å². The third kappa shape index (κ3) is 3.73. The second kappa shape index (κ2) is 7.27.